The molecule has 0 radical (unpaired) electrons. The molecule has 134 valence electrons. The van der Waals surface area contributed by atoms with Crippen LogP contribution in [0.15, 0.2) is 33.9 Å². The minimum Gasteiger partial charge on any atom is -0.481 e. The number of aromatic amines is 1. The summed E-state index contributed by atoms with van der Waals surface area (Å²) in [4.78, 5) is 48.3. The van der Waals surface area contributed by atoms with Gasteiger partial charge < -0.3 is 10.4 Å². The molecule has 8 nitrogen and oxygen atoms in total. The molecule has 3 N–H and O–H groups in total. The third-order valence-electron chi connectivity index (χ3n) is 3.86. The molecule has 25 heavy (non-hydrogen) atoms. The first kappa shape index (κ1) is 18.4. The average molecular weight is 347 g/mol. The molecule has 1 heterocycles. The van der Waals surface area contributed by atoms with Gasteiger partial charge >= 0.3 is 11.7 Å². The normalized spacial score (nSPS) is 10.7. The third kappa shape index (κ3) is 5.30. The van der Waals surface area contributed by atoms with Crippen LogP contribution in [0, 0.1) is 0 Å². The van der Waals surface area contributed by atoms with Crippen molar-refractivity contribution in [1.82, 2.24) is 14.9 Å². The van der Waals surface area contributed by atoms with Crippen LogP contribution < -0.4 is 16.6 Å². The lowest BCUT2D eigenvalue weighted by Gasteiger charge is -2.09. The van der Waals surface area contributed by atoms with Crippen molar-refractivity contribution < 1.29 is 14.7 Å². The molecule has 0 fully saturated rings. The van der Waals surface area contributed by atoms with Crippen LogP contribution in [0.5, 0.6) is 0 Å². The molecule has 0 aliphatic carbocycles. The fourth-order valence-corrected chi connectivity index (χ4v) is 2.57. The summed E-state index contributed by atoms with van der Waals surface area (Å²) < 4.78 is 1.38. The zero-order valence-corrected chi connectivity index (χ0v) is 13.8. The van der Waals surface area contributed by atoms with E-state index >= 15 is 0 Å². The van der Waals surface area contributed by atoms with E-state index in [2.05, 4.69) is 10.3 Å². The smallest absolute Gasteiger partial charge is 0.328 e. The van der Waals surface area contributed by atoms with Crippen LogP contribution in [0.2, 0.25) is 0 Å². The van der Waals surface area contributed by atoms with Crippen molar-refractivity contribution in [1.29, 1.82) is 0 Å². The maximum Gasteiger partial charge on any atom is 0.328 e. The predicted octanol–water partition coefficient (Wildman–Crippen LogP) is 0.841. The number of aromatic nitrogens is 2. The largest absolute Gasteiger partial charge is 0.481 e. The predicted molar refractivity (Wildman–Crippen MR) is 92.6 cm³/mol. The molecule has 0 saturated heterocycles. The van der Waals surface area contributed by atoms with E-state index in [9.17, 15) is 19.2 Å². The minimum absolute atomic E-state index is 0.116. The van der Waals surface area contributed by atoms with E-state index < -0.39 is 17.2 Å². The zero-order chi connectivity index (χ0) is 18.2. The van der Waals surface area contributed by atoms with Gasteiger partial charge in [0, 0.05) is 25.9 Å². The van der Waals surface area contributed by atoms with E-state index in [-0.39, 0.29) is 25.3 Å². The van der Waals surface area contributed by atoms with Crippen molar-refractivity contribution in [3.63, 3.8) is 0 Å². The number of rotatable bonds is 9. The van der Waals surface area contributed by atoms with Crippen molar-refractivity contribution in [3.8, 4) is 0 Å². The van der Waals surface area contributed by atoms with Gasteiger partial charge in [0.05, 0.1) is 10.9 Å². The highest BCUT2D eigenvalue weighted by molar-refractivity contribution is 5.78. The molecular formula is C17H21N3O5. The number of H-pyrrole nitrogens is 1. The maximum atomic E-state index is 12.0. The number of hydrogen-bond donors (Lipinski definition) is 3. The first-order valence-electron chi connectivity index (χ1n) is 8.19. The molecule has 0 aliphatic rings. The van der Waals surface area contributed by atoms with E-state index in [4.69, 9.17) is 5.11 Å². The van der Waals surface area contributed by atoms with Crippen molar-refractivity contribution in [2.45, 2.75) is 38.6 Å². The summed E-state index contributed by atoms with van der Waals surface area (Å²) in [5, 5.41) is 11.7. The molecule has 2 aromatic rings. The van der Waals surface area contributed by atoms with E-state index in [1.165, 1.54) is 4.57 Å². The molecule has 0 spiro atoms. The molecule has 0 unspecified atom stereocenters. The number of para-hydroxylation sites is 1. The quantitative estimate of drug-likeness (QED) is 0.580. The van der Waals surface area contributed by atoms with Gasteiger partial charge in [-0.05, 0) is 25.0 Å². The molecule has 2 rings (SSSR count). The lowest BCUT2D eigenvalue weighted by molar-refractivity contribution is -0.137. The molecule has 8 heteroatoms. The Morgan fingerprint density at radius 3 is 2.60 bits per heavy atom. The number of nitrogens with one attached hydrogen (secondary N) is 2. The molecular weight excluding hydrogens is 326 g/mol. The van der Waals surface area contributed by atoms with Gasteiger partial charge in [-0.25, -0.2) is 4.79 Å². The Hall–Kier alpha value is -2.90. The van der Waals surface area contributed by atoms with Crippen LogP contribution in [0.1, 0.15) is 32.1 Å². The lowest BCUT2D eigenvalue weighted by Crippen LogP contribution is -2.32. The number of aliphatic carboxylic acids is 1. The molecule has 1 amide bonds. The number of carbonyl (C=O) groups is 2. The monoisotopic (exact) mass is 347 g/mol. The lowest BCUT2D eigenvalue weighted by atomic mass is 10.2. The van der Waals surface area contributed by atoms with Crippen LogP contribution in [0.25, 0.3) is 10.9 Å². The maximum absolute atomic E-state index is 12.0. The molecule has 0 bridgehead atoms. The van der Waals surface area contributed by atoms with Gasteiger partial charge in [0.25, 0.3) is 5.56 Å². The van der Waals surface area contributed by atoms with Crippen molar-refractivity contribution >= 4 is 22.8 Å². The highest BCUT2D eigenvalue weighted by Crippen LogP contribution is 2.07. The number of carbonyl (C=O) groups excluding carboxylic acids is 1. The van der Waals surface area contributed by atoms with E-state index in [0.29, 0.717) is 30.3 Å². The Labute approximate surface area is 143 Å². The third-order valence-corrected chi connectivity index (χ3v) is 3.86. The molecule has 0 saturated carbocycles. The van der Waals surface area contributed by atoms with Gasteiger partial charge in [0.1, 0.15) is 0 Å². The summed E-state index contributed by atoms with van der Waals surface area (Å²) in [7, 11) is 0. The number of benzene rings is 1. The van der Waals surface area contributed by atoms with Gasteiger partial charge in [0.2, 0.25) is 5.91 Å². The van der Waals surface area contributed by atoms with Gasteiger partial charge in [-0.2, -0.15) is 0 Å². The molecule has 0 aliphatic heterocycles. The number of carboxylic acid groups (broad SMARTS) is 1. The Kier molecular flexibility index (Phi) is 6.50. The van der Waals surface area contributed by atoms with Crippen LogP contribution in [0.4, 0.5) is 0 Å². The Bertz CT molecular complexity index is 868. The number of fused-ring (bicyclic) bond motifs is 1. The zero-order valence-electron chi connectivity index (χ0n) is 13.8. The number of hydrogen-bond acceptors (Lipinski definition) is 4. The second-order valence-corrected chi connectivity index (χ2v) is 5.73. The number of unbranched alkanes of at least 4 members (excludes halogenated alkanes) is 2. The van der Waals surface area contributed by atoms with Crippen LogP contribution >= 0.6 is 0 Å². The van der Waals surface area contributed by atoms with Crippen molar-refractivity contribution in [3.05, 3.63) is 45.1 Å². The van der Waals surface area contributed by atoms with Gasteiger partial charge in [-0.15, -0.1) is 0 Å². The number of amides is 1. The van der Waals surface area contributed by atoms with E-state index in [1.54, 1.807) is 24.3 Å². The van der Waals surface area contributed by atoms with E-state index in [0.717, 1.165) is 6.42 Å². The fraction of sp³-hybridized carbons (Fsp3) is 0.412. The molecule has 1 aromatic carbocycles. The van der Waals surface area contributed by atoms with Crippen molar-refractivity contribution in [2.24, 2.45) is 0 Å². The summed E-state index contributed by atoms with van der Waals surface area (Å²) in [5.74, 6) is -1.01. The number of nitrogens with zero attached hydrogens (tertiary/aromatic N) is 1. The topological polar surface area (TPSA) is 121 Å². The summed E-state index contributed by atoms with van der Waals surface area (Å²) in [6, 6.07) is 6.74. The highest BCUT2D eigenvalue weighted by Gasteiger charge is 2.08. The summed E-state index contributed by atoms with van der Waals surface area (Å²) >= 11 is 0. The Morgan fingerprint density at radius 2 is 1.84 bits per heavy atom. The Morgan fingerprint density at radius 1 is 1.08 bits per heavy atom. The van der Waals surface area contributed by atoms with Crippen LogP contribution in [-0.2, 0) is 16.1 Å². The second-order valence-electron chi connectivity index (χ2n) is 5.73. The first-order chi connectivity index (χ1) is 12.0. The molecule has 1 aromatic heterocycles. The Balaban J connectivity index is 1.86. The standard InChI is InChI=1S/C17H21N3O5/c21-14(18-10-5-1-2-8-15(22)23)9-11-20-13-7-4-3-6-12(13)16(24)19-17(20)25/h3-4,6-7H,1-2,5,8-11H2,(H,18,21)(H,22,23)(H,19,24,25). The van der Waals surface area contributed by atoms with Crippen molar-refractivity contribution in [2.75, 3.05) is 6.54 Å². The van der Waals surface area contributed by atoms with Crippen LogP contribution in [-0.4, -0.2) is 33.1 Å². The van der Waals surface area contributed by atoms with Crippen LogP contribution in [0.3, 0.4) is 0 Å². The fourth-order valence-electron chi connectivity index (χ4n) is 2.57. The summed E-state index contributed by atoms with van der Waals surface area (Å²) in [5.41, 5.74) is -0.481. The average Bonchev–Trinajstić information content (AvgIpc) is 2.57. The van der Waals surface area contributed by atoms with Gasteiger partial charge in [-0.1, -0.05) is 18.6 Å². The number of aryl methyl sites for hydroxylation is 1. The summed E-state index contributed by atoms with van der Waals surface area (Å²) in [6.07, 6.45) is 2.28. The first-order valence-corrected chi connectivity index (χ1v) is 8.19. The minimum atomic E-state index is -0.817. The summed E-state index contributed by atoms with van der Waals surface area (Å²) in [6.45, 7) is 0.640. The second kappa shape index (κ2) is 8.81. The van der Waals surface area contributed by atoms with Gasteiger partial charge in [0.15, 0.2) is 0 Å². The highest BCUT2D eigenvalue weighted by atomic mass is 16.4. The number of carboxylic acids is 1. The molecule has 0 atom stereocenters. The SMILES string of the molecule is O=C(O)CCCCCNC(=O)CCn1c(=O)[nH]c(=O)c2ccccc21. The van der Waals surface area contributed by atoms with E-state index in [1.807, 2.05) is 0 Å². The van der Waals surface area contributed by atoms with Gasteiger partial charge in [-0.3, -0.25) is 23.9 Å².